The van der Waals surface area contributed by atoms with Gasteiger partial charge in [0.2, 0.25) is 0 Å². The summed E-state index contributed by atoms with van der Waals surface area (Å²) in [5, 5.41) is 8.77. The van der Waals surface area contributed by atoms with Gasteiger partial charge in [-0.1, -0.05) is 62.9 Å². The Bertz CT molecular complexity index is 339. The molecule has 0 aliphatic carbocycles. The Kier molecular flexibility index (Phi) is 8.52. The van der Waals surface area contributed by atoms with Crippen molar-refractivity contribution in [1.82, 2.24) is 0 Å². The van der Waals surface area contributed by atoms with Gasteiger partial charge in [0.05, 0.1) is 0 Å². The van der Waals surface area contributed by atoms with Crippen LogP contribution in [0.3, 0.4) is 0 Å². The molecule has 114 valence electrons. The normalized spacial score (nSPS) is 14.2. The molecule has 0 aliphatic rings. The molecule has 0 unspecified atom stereocenters. The second-order valence-electron chi connectivity index (χ2n) is 5.68. The maximum atomic E-state index is 15.3. The van der Waals surface area contributed by atoms with Crippen LogP contribution in [-0.2, 0) is 5.67 Å². The SMILES string of the molecule is CCCCC[C@@](F)(CCCCCCO)c1ccccc1. The van der Waals surface area contributed by atoms with Gasteiger partial charge in [-0.05, 0) is 37.7 Å². The molecular formula is C18H29FO. The van der Waals surface area contributed by atoms with Gasteiger partial charge in [0.15, 0.2) is 0 Å². The largest absolute Gasteiger partial charge is 0.396 e. The minimum atomic E-state index is -1.17. The van der Waals surface area contributed by atoms with E-state index in [1.54, 1.807) is 0 Å². The van der Waals surface area contributed by atoms with Gasteiger partial charge >= 0.3 is 0 Å². The van der Waals surface area contributed by atoms with Gasteiger partial charge in [0, 0.05) is 6.61 Å². The Morgan fingerprint density at radius 1 is 0.900 bits per heavy atom. The molecule has 1 rings (SSSR count). The van der Waals surface area contributed by atoms with Crippen molar-refractivity contribution in [3.8, 4) is 0 Å². The van der Waals surface area contributed by atoms with Crippen molar-refractivity contribution < 1.29 is 9.50 Å². The third-order valence-electron chi connectivity index (χ3n) is 3.95. The van der Waals surface area contributed by atoms with Crippen molar-refractivity contribution in [3.63, 3.8) is 0 Å². The Balaban J connectivity index is 2.55. The predicted octanol–water partition coefficient (Wildman–Crippen LogP) is 5.37. The standard InChI is InChI=1S/C18H29FO/c1-2-3-9-14-18(19,15-10-4-5-11-16-20)17-12-7-6-8-13-17/h6-8,12-13,20H,2-5,9-11,14-16H2,1H3/t18-/m1/s1. The lowest BCUT2D eigenvalue weighted by molar-refractivity contribution is 0.127. The van der Waals surface area contributed by atoms with Gasteiger partial charge in [0.1, 0.15) is 5.67 Å². The summed E-state index contributed by atoms with van der Waals surface area (Å²) >= 11 is 0. The van der Waals surface area contributed by atoms with Crippen LogP contribution in [0.25, 0.3) is 0 Å². The van der Waals surface area contributed by atoms with Crippen LogP contribution in [0.2, 0.25) is 0 Å². The number of alkyl halides is 1. The molecule has 0 amide bonds. The molecule has 0 radical (unpaired) electrons. The first-order valence-corrected chi connectivity index (χ1v) is 8.08. The van der Waals surface area contributed by atoms with E-state index in [-0.39, 0.29) is 6.61 Å². The van der Waals surface area contributed by atoms with Crippen LogP contribution >= 0.6 is 0 Å². The lowest BCUT2D eigenvalue weighted by Gasteiger charge is -2.26. The zero-order chi connectivity index (χ0) is 14.7. The molecule has 0 saturated carbocycles. The topological polar surface area (TPSA) is 20.2 Å². The zero-order valence-corrected chi connectivity index (χ0v) is 12.8. The molecule has 2 heteroatoms. The van der Waals surface area contributed by atoms with Gasteiger partial charge in [-0.2, -0.15) is 0 Å². The first-order valence-electron chi connectivity index (χ1n) is 8.08. The van der Waals surface area contributed by atoms with E-state index in [0.717, 1.165) is 50.5 Å². The molecule has 0 aliphatic heterocycles. The van der Waals surface area contributed by atoms with Gasteiger partial charge in [0.25, 0.3) is 0 Å². The molecule has 1 nitrogen and oxygen atoms in total. The highest BCUT2D eigenvalue weighted by atomic mass is 19.1. The molecule has 1 aromatic carbocycles. The Labute approximate surface area is 123 Å². The van der Waals surface area contributed by atoms with E-state index in [1.807, 2.05) is 30.3 Å². The molecule has 0 bridgehead atoms. The highest BCUT2D eigenvalue weighted by molar-refractivity contribution is 5.22. The number of hydrogen-bond donors (Lipinski definition) is 1. The highest BCUT2D eigenvalue weighted by Gasteiger charge is 2.30. The van der Waals surface area contributed by atoms with Gasteiger partial charge in [-0.25, -0.2) is 4.39 Å². The quantitative estimate of drug-likeness (QED) is 0.540. The van der Waals surface area contributed by atoms with E-state index >= 15 is 4.39 Å². The lowest BCUT2D eigenvalue weighted by atomic mass is 9.85. The smallest absolute Gasteiger partial charge is 0.136 e. The molecule has 0 heterocycles. The van der Waals surface area contributed by atoms with E-state index < -0.39 is 5.67 Å². The summed E-state index contributed by atoms with van der Waals surface area (Å²) in [5.74, 6) is 0. The molecule has 1 N–H and O–H groups in total. The molecule has 1 aromatic rings. The lowest BCUT2D eigenvalue weighted by Crippen LogP contribution is -2.20. The molecule has 0 aromatic heterocycles. The second kappa shape index (κ2) is 9.93. The number of aliphatic hydroxyl groups excluding tert-OH is 1. The van der Waals surface area contributed by atoms with E-state index in [9.17, 15) is 0 Å². The molecule has 0 spiro atoms. The Hall–Kier alpha value is -0.890. The molecular weight excluding hydrogens is 251 g/mol. The molecule has 20 heavy (non-hydrogen) atoms. The van der Waals surface area contributed by atoms with E-state index in [4.69, 9.17) is 5.11 Å². The number of benzene rings is 1. The molecule has 1 atom stereocenters. The minimum Gasteiger partial charge on any atom is -0.396 e. The van der Waals surface area contributed by atoms with E-state index in [0.29, 0.717) is 12.8 Å². The summed E-state index contributed by atoms with van der Waals surface area (Å²) in [6.07, 6.45) is 8.15. The van der Waals surface area contributed by atoms with Crippen molar-refractivity contribution in [2.75, 3.05) is 6.61 Å². The fourth-order valence-corrected chi connectivity index (χ4v) is 2.68. The van der Waals surface area contributed by atoms with Crippen LogP contribution in [0, 0.1) is 0 Å². The average molecular weight is 280 g/mol. The summed E-state index contributed by atoms with van der Waals surface area (Å²) in [7, 11) is 0. The summed E-state index contributed by atoms with van der Waals surface area (Å²) in [6.45, 7) is 2.40. The van der Waals surface area contributed by atoms with E-state index in [1.165, 1.54) is 0 Å². The van der Waals surface area contributed by atoms with Gasteiger partial charge in [-0.15, -0.1) is 0 Å². The van der Waals surface area contributed by atoms with Crippen molar-refractivity contribution in [2.24, 2.45) is 0 Å². The molecule has 0 saturated heterocycles. The van der Waals surface area contributed by atoms with E-state index in [2.05, 4.69) is 6.92 Å². The summed E-state index contributed by atoms with van der Waals surface area (Å²) in [6, 6.07) is 9.63. The first kappa shape index (κ1) is 17.2. The Morgan fingerprint density at radius 2 is 1.50 bits per heavy atom. The first-order chi connectivity index (χ1) is 9.73. The van der Waals surface area contributed by atoms with Crippen molar-refractivity contribution in [2.45, 2.75) is 70.4 Å². The number of unbranched alkanes of at least 4 members (excludes halogenated alkanes) is 5. The summed E-state index contributed by atoms with van der Waals surface area (Å²) in [4.78, 5) is 0. The Morgan fingerprint density at radius 3 is 2.10 bits per heavy atom. The van der Waals surface area contributed by atoms with Crippen molar-refractivity contribution in [1.29, 1.82) is 0 Å². The highest BCUT2D eigenvalue weighted by Crippen LogP contribution is 2.37. The summed E-state index contributed by atoms with van der Waals surface area (Å²) < 4.78 is 15.3. The van der Waals surface area contributed by atoms with Crippen molar-refractivity contribution >= 4 is 0 Å². The fraction of sp³-hybridized carbons (Fsp3) is 0.667. The van der Waals surface area contributed by atoms with Crippen molar-refractivity contribution in [3.05, 3.63) is 35.9 Å². The van der Waals surface area contributed by atoms with Crippen LogP contribution in [0.1, 0.15) is 70.3 Å². The monoisotopic (exact) mass is 280 g/mol. The summed E-state index contributed by atoms with van der Waals surface area (Å²) in [5.41, 5.74) is -0.339. The maximum absolute atomic E-state index is 15.3. The van der Waals surface area contributed by atoms with Crippen LogP contribution in [0.15, 0.2) is 30.3 Å². The minimum absolute atomic E-state index is 0.246. The predicted molar refractivity (Wildman–Crippen MR) is 83.5 cm³/mol. The number of halogens is 1. The number of aliphatic hydroxyl groups is 1. The fourth-order valence-electron chi connectivity index (χ4n) is 2.68. The van der Waals surface area contributed by atoms with Crippen LogP contribution in [0.4, 0.5) is 4.39 Å². The van der Waals surface area contributed by atoms with Crippen LogP contribution in [-0.4, -0.2) is 11.7 Å². The zero-order valence-electron chi connectivity index (χ0n) is 12.8. The molecule has 0 fully saturated rings. The van der Waals surface area contributed by atoms with Gasteiger partial charge in [-0.3, -0.25) is 0 Å². The number of hydrogen-bond acceptors (Lipinski definition) is 1. The van der Waals surface area contributed by atoms with Crippen LogP contribution in [0.5, 0.6) is 0 Å². The van der Waals surface area contributed by atoms with Crippen LogP contribution < -0.4 is 0 Å². The number of rotatable bonds is 11. The maximum Gasteiger partial charge on any atom is 0.136 e. The second-order valence-corrected chi connectivity index (χ2v) is 5.68. The van der Waals surface area contributed by atoms with Gasteiger partial charge < -0.3 is 5.11 Å². The third kappa shape index (κ3) is 6.04. The average Bonchev–Trinajstić information content (AvgIpc) is 2.48. The third-order valence-corrected chi connectivity index (χ3v) is 3.95.